The molecule has 0 heterocycles. The highest BCUT2D eigenvalue weighted by Crippen LogP contribution is 2.16. The summed E-state index contributed by atoms with van der Waals surface area (Å²) in [5.74, 6) is 0. The molecule has 0 saturated carbocycles. The molecule has 0 fully saturated rings. The minimum Gasteiger partial charge on any atom is -0.326 e. The monoisotopic (exact) mass is 436 g/mol. The molecule has 0 spiro atoms. The molecule has 0 aliphatic rings. The molecule has 0 aromatic carbocycles. The van der Waals surface area contributed by atoms with Crippen molar-refractivity contribution in [3.8, 4) is 0 Å². The van der Waals surface area contributed by atoms with E-state index in [1.165, 1.54) is 140 Å². The van der Waals surface area contributed by atoms with Crippen LogP contribution in [0.4, 0.5) is 0 Å². The van der Waals surface area contributed by atoms with E-state index in [2.05, 4.69) is 27.8 Å². The van der Waals surface area contributed by atoms with Crippen LogP contribution >= 0.6 is 0 Å². The highest BCUT2D eigenvalue weighted by Gasteiger charge is 2.20. The number of hydrogen-bond donors (Lipinski definition) is 4. The van der Waals surface area contributed by atoms with Gasteiger partial charge in [0.05, 0.1) is 26.7 Å². The maximum Gasteiger partial charge on any atom is 0.0784 e. The molecular formula is C25H58NO4+. The number of hydrogen-bond acceptors (Lipinski definition) is 4. The third kappa shape index (κ3) is 27.8. The molecule has 4 N–H and O–H groups in total. The summed E-state index contributed by atoms with van der Waals surface area (Å²) in [6.07, 6.45) is 25.9. The topological polar surface area (TPSA) is 80.9 Å². The van der Waals surface area contributed by atoms with Crippen LogP contribution in [0.3, 0.4) is 0 Å². The maximum atomic E-state index is 6.00. The first kappa shape index (κ1) is 34.4. The normalized spacial score (nSPS) is 10.8. The van der Waals surface area contributed by atoms with Crippen LogP contribution in [0, 0.1) is 0 Å². The predicted octanol–water partition coefficient (Wildman–Crippen LogP) is 8.55. The van der Waals surface area contributed by atoms with Crippen molar-refractivity contribution < 1.29 is 25.5 Å². The van der Waals surface area contributed by atoms with Crippen molar-refractivity contribution in [2.45, 2.75) is 136 Å². The Balaban J connectivity index is -0.00000171. The van der Waals surface area contributed by atoms with Gasteiger partial charge in [-0.1, -0.05) is 97.8 Å². The van der Waals surface area contributed by atoms with Crippen LogP contribution in [0.15, 0.2) is 0 Å². The Morgan fingerprint density at radius 1 is 0.367 bits per heavy atom. The van der Waals surface area contributed by atoms with E-state index < -0.39 is 0 Å². The molecule has 0 aliphatic heterocycles. The second-order valence-corrected chi connectivity index (χ2v) is 9.09. The smallest absolute Gasteiger partial charge is 0.0784 e. The summed E-state index contributed by atoms with van der Waals surface area (Å²) in [6.45, 7) is 11.2. The van der Waals surface area contributed by atoms with Gasteiger partial charge in [-0.25, -0.2) is 0 Å². The van der Waals surface area contributed by atoms with Gasteiger partial charge in [-0.2, -0.15) is 0 Å². The molecule has 0 aromatic heterocycles. The number of rotatable bonds is 21. The van der Waals surface area contributed by atoms with Crippen molar-refractivity contribution in [1.82, 2.24) is 0 Å². The van der Waals surface area contributed by atoms with Crippen LogP contribution < -0.4 is 0 Å². The lowest BCUT2D eigenvalue weighted by Gasteiger charge is -2.35. The average Bonchev–Trinajstić information content (AvgIpc) is 2.78. The summed E-state index contributed by atoms with van der Waals surface area (Å²) in [6, 6.07) is 0. The Kier molecular flexibility index (Phi) is 35.5. The first-order chi connectivity index (χ1) is 14.7. The maximum absolute atomic E-state index is 6.00. The van der Waals surface area contributed by atoms with E-state index in [-0.39, 0.29) is 0 Å². The SMILES string of the molecule is CCCCCCCC[N+](C)(CCCCCCCC)CCCCCCCC.OO.OO. The molecular weight excluding hydrogens is 378 g/mol. The van der Waals surface area contributed by atoms with Crippen molar-refractivity contribution in [2.24, 2.45) is 0 Å². The highest BCUT2D eigenvalue weighted by molar-refractivity contribution is 4.51. The Morgan fingerprint density at radius 3 is 0.800 bits per heavy atom. The van der Waals surface area contributed by atoms with Crippen LogP contribution in [0.2, 0.25) is 0 Å². The van der Waals surface area contributed by atoms with Crippen molar-refractivity contribution >= 4 is 0 Å². The molecule has 0 radical (unpaired) electrons. The molecule has 5 nitrogen and oxygen atoms in total. The van der Waals surface area contributed by atoms with Gasteiger partial charge in [-0.15, -0.1) is 0 Å². The van der Waals surface area contributed by atoms with Gasteiger partial charge in [0.25, 0.3) is 0 Å². The van der Waals surface area contributed by atoms with Gasteiger partial charge in [-0.05, 0) is 38.5 Å². The quantitative estimate of drug-likeness (QED) is 0.0628. The fraction of sp³-hybridized carbons (Fsp3) is 1.00. The summed E-state index contributed by atoms with van der Waals surface area (Å²) >= 11 is 0. The second-order valence-electron chi connectivity index (χ2n) is 9.09. The Hall–Kier alpha value is -0.200. The Morgan fingerprint density at radius 2 is 0.567 bits per heavy atom. The van der Waals surface area contributed by atoms with E-state index in [0.29, 0.717) is 0 Å². The van der Waals surface area contributed by atoms with E-state index in [0.717, 1.165) is 0 Å². The standard InChI is InChI=1S/C25H54N.2H2O2/c1-5-8-11-14-17-20-23-26(4,24-21-18-15-12-9-6-2)25-22-19-16-13-10-7-3;2*1-2/h5-25H2,1-4H3;2*1-2H/q+1;;. The van der Waals surface area contributed by atoms with Crippen LogP contribution in [0.1, 0.15) is 136 Å². The van der Waals surface area contributed by atoms with E-state index >= 15 is 0 Å². The van der Waals surface area contributed by atoms with E-state index in [9.17, 15) is 0 Å². The fourth-order valence-corrected chi connectivity index (χ4v) is 4.16. The van der Waals surface area contributed by atoms with Gasteiger partial charge in [0.1, 0.15) is 0 Å². The molecule has 0 unspecified atom stereocenters. The summed E-state index contributed by atoms with van der Waals surface area (Å²) < 4.78 is 1.36. The second kappa shape index (κ2) is 31.0. The lowest BCUT2D eigenvalue weighted by atomic mass is 10.1. The van der Waals surface area contributed by atoms with Crippen LogP contribution in [0.5, 0.6) is 0 Å². The van der Waals surface area contributed by atoms with E-state index in [1.807, 2.05) is 0 Å². The third-order valence-corrected chi connectivity index (χ3v) is 6.15. The molecule has 0 aromatic rings. The first-order valence-electron chi connectivity index (χ1n) is 12.9. The summed E-state index contributed by atoms with van der Waals surface area (Å²) in [5, 5.41) is 24.0. The predicted molar refractivity (Wildman–Crippen MR) is 131 cm³/mol. The van der Waals surface area contributed by atoms with Gasteiger partial charge >= 0.3 is 0 Å². The lowest BCUT2D eigenvalue weighted by Crippen LogP contribution is -2.46. The van der Waals surface area contributed by atoms with Crippen molar-refractivity contribution in [3.05, 3.63) is 0 Å². The number of unbranched alkanes of at least 4 members (excludes halogenated alkanes) is 15. The zero-order valence-corrected chi connectivity index (χ0v) is 21.1. The van der Waals surface area contributed by atoms with Crippen molar-refractivity contribution in [3.63, 3.8) is 0 Å². The first-order valence-corrected chi connectivity index (χ1v) is 12.9. The highest BCUT2D eigenvalue weighted by atomic mass is 17.0. The summed E-state index contributed by atoms with van der Waals surface area (Å²) in [4.78, 5) is 0. The summed E-state index contributed by atoms with van der Waals surface area (Å²) in [7, 11) is 2.56. The minimum absolute atomic E-state index is 1.36. The van der Waals surface area contributed by atoms with Gasteiger partial charge < -0.3 is 4.48 Å². The number of nitrogens with zero attached hydrogens (tertiary/aromatic N) is 1. The molecule has 0 amide bonds. The van der Waals surface area contributed by atoms with Gasteiger partial charge in [0.15, 0.2) is 0 Å². The Labute approximate surface area is 189 Å². The number of quaternary nitrogens is 1. The third-order valence-electron chi connectivity index (χ3n) is 6.15. The van der Waals surface area contributed by atoms with Crippen LogP contribution in [-0.2, 0) is 0 Å². The lowest BCUT2D eigenvalue weighted by molar-refractivity contribution is -0.910. The largest absolute Gasteiger partial charge is 0.326 e. The van der Waals surface area contributed by atoms with Crippen molar-refractivity contribution in [2.75, 3.05) is 26.7 Å². The molecule has 0 aliphatic carbocycles. The van der Waals surface area contributed by atoms with Crippen molar-refractivity contribution in [1.29, 1.82) is 0 Å². The molecule has 0 rings (SSSR count). The van der Waals surface area contributed by atoms with Crippen LogP contribution in [0.25, 0.3) is 0 Å². The van der Waals surface area contributed by atoms with Crippen LogP contribution in [-0.4, -0.2) is 52.2 Å². The fourth-order valence-electron chi connectivity index (χ4n) is 4.16. The molecule has 0 bridgehead atoms. The Bertz CT molecular complexity index is 237. The van der Waals surface area contributed by atoms with E-state index in [4.69, 9.17) is 21.0 Å². The molecule has 5 heteroatoms. The summed E-state index contributed by atoms with van der Waals surface area (Å²) in [5.41, 5.74) is 0. The molecule has 186 valence electrons. The molecule has 0 atom stereocenters. The zero-order valence-electron chi connectivity index (χ0n) is 21.1. The molecule has 0 saturated heterocycles. The zero-order chi connectivity index (χ0) is 23.3. The van der Waals surface area contributed by atoms with Gasteiger partial charge in [0.2, 0.25) is 0 Å². The minimum atomic E-state index is 1.36. The van der Waals surface area contributed by atoms with Gasteiger partial charge in [0, 0.05) is 0 Å². The molecule has 30 heavy (non-hydrogen) atoms. The van der Waals surface area contributed by atoms with E-state index in [1.54, 1.807) is 0 Å². The van der Waals surface area contributed by atoms with Gasteiger partial charge in [-0.3, -0.25) is 21.0 Å². The average molecular weight is 437 g/mol.